The number of nitrogens with zero attached hydrogens (tertiary/aromatic N) is 1. The molecule has 0 aromatic heterocycles. The monoisotopic (exact) mass is 308 g/mol. The number of piperidine rings is 1. The van der Waals surface area contributed by atoms with E-state index >= 15 is 0 Å². The van der Waals surface area contributed by atoms with Gasteiger partial charge in [-0.2, -0.15) is 0 Å². The molecule has 122 valence electrons. The highest BCUT2D eigenvalue weighted by Gasteiger charge is 2.48. The van der Waals surface area contributed by atoms with Crippen LogP contribution in [0.3, 0.4) is 0 Å². The van der Waals surface area contributed by atoms with Gasteiger partial charge in [0, 0.05) is 0 Å². The third-order valence-corrected chi connectivity index (χ3v) is 5.65. The van der Waals surface area contributed by atoms with Crippen molar-refractivity contribution in [1.29, 1.82) is 0 Å². The second-order valence-electron chi connectivity index (χ2n) is 6.90. The maximum atomic E-state index is 12.1. The largest absolute Gasteiger partial charge is 0.369 e. The molecule has 0 spiro atoms. The van der Waals surface area contributed by atoms with E-state index in [-0.39, 0.29) is 30.4 Å². The maximum absolute atomic E-state index is 12.1. The number of Topliss-reactive ketones (excluding diaryl/α,β-unsaturated/α-hetero) is 1. The van der Waals surface area contributed by atoms with Crippen LogP contribution in [0.5, 0.6) is 0 Å². The predicted octanol–water partition coefficient (Wildman–Crippen LogP) is 0.422. The van der Waals surface area contributed by atoms with E-state index in [1.165, 1.54) is 0 Å². The molecule has 0 radical (unpaired) electrons. The molecule has 0 aromatic rings. The molecule has 1 saturated carbocycles. The first kappa shape index (κ1) is 15.6. The summed E-state index contributed by atoms with van der Waals surface area (Å²) in [6.45, 7) is 0.840. The number of fused-ring (bicyclic) bond motifs is 1. The number of rotatable bonds is 5. The average Bonchev–Trinajstić information content (AvgIpc) is 3.13. The summed E-state index contributed by atoms with van der Waals surface area (Å²) in [5.41, 5.74) is 5.05. The molecule has 2 heterocycles. The van der Waals surface area contributed by atoms with Crippen LogP contribution in [0, 0.1) is 5.41 Å². The molecule has 3 rings (SSSR count). The van der Waals surface area contributed by atoms with Crippen LogP contribution in [0.1, 0.15) is 44.9 Å². The summed E-state index contributed by atoms with van der Waals surface area (Å²) in [5.74, 6) is -0.254. The lowest BCUT2D eigenvalue weighted by atomic mass is 9.78. The molecular formula is C16H24N2O4. The van der Waals surface area contributed by atoms with Crippen molar-refractivity contribution >= 4 is 18.0 Å². The van der Waals surface area contributed by atoms with Gasteiger partial charge in [0.1, 0.15) is 12.9 Å². The first-order valence-corrected chi connectivity index (χ1v) is 8.23. The first-order valence-electron chi connectivity index (χ1n) is 8.23. The van der Waals surface area contributed by atoms with E-state index in [0.717, 1.165) is 44.8 Å². The third-order valence-electron chi connectivity index (χ3n) is 5.65. The zero-order valence-corrected chi connectivity index (χ0v) is 12.8. The summed E-state index contributed by atoms with van der Waals surface area (Å²) >= 11 is 0. The highest BCUT2D eigenvalue weighted by molar-refractivity contribution is 5.88. The van der Waals surface area contributed by atoms with Crippen molar-refractivity contribution in [2.75, 3.05) is 13.2 Å². The van der Waals surface area contributed by atoms with Crippen molar-refractivity contribution in [2.24, 2.45) is 11.1 Å². The van der Waals surface area contributed by atoms with E-state index in [2.05, 4.69) is 0 Å². The van der Waals surface area contributed by atoms with E-state index in [9.17, 15) is 14.4 Å². The fourth-order valence-electron chi connectivity index (χ4n) is 4.45. The fourth-order valence-corrected chi connectivity index (χ4v) is 4.45. The number of carbonyl (C=O) groups excluding carboxylic acids is 3. The lowest BCUT2D eigenvalue weighted by Gasteiger charge is -2.41. The molecule has 3 fully saturated rings. The Balaban J connectivity index is 1.79. The first-order chi connectivity index (χ1) is 10.6. The molecule has 22 heavy (non-hydrogen) atoms. The Bertz CT molecular complexity index is 473. The molecule has 3 unspecified atom stereocenters. The Morgan fingerprint density at radius 1 is 1.41 bits per heavy atom. The zero-order valence-electron chi connectivity index (χ0n) is 12.8. The van der Waals surface area contributed by atoms with Gasteiger partial charge in [0.05, 0.1) is 23.6 Å². The van der Waals surface area contributed by atoms with Gasteiger partial charge in [-0.15, -0.1) is 0 Å². The molecule has 2 saturated heterocycles. The Labute approximate surface area is 130 Å². The fraction of sp³-hybridized carbons (Fsp3) is 0.812. The van der Waals surface area contributed by atoms with Gasteiger partial charge in [-0.05, 0) is 38.6 Å². The number of carbonyl (C=O) groups is 3. The van der Waals surface area contributed by atoms with Crippen molar-refractivity contribution in [3.05, 3.63) is 0 Å². The zero-order chi connectivity index (χ0) is 15.7. The van der Waals surface area contributed by atoms with E-state index in [0.29, 0.717) is 13.0 Å². The van der Waals surface area contributed by atoms with Crippen LogP contribution < -0.4 is 5.73 Å². The summed E-state index contributed by atoms with van der Waals surface area (Å²) in [4.78, 5) is 37.7. The Kier molecular flexibility index (Phi) is 4.32. The Hall–Kier alpha value is -1.27. The maximum Gasteiger partial charge on any atom is 0.223 e. The SMILES string of the molecule is NC(=O)C1(CC(C=O)N2CCCC3OCC(=O)C32)CCCC1. The van der Waals surface area contributed by atoms with Crippen molar-refractivity contribution in [3.63, 3.8) is 0 Å². The second kappa shape index (κ2) is 6.08. The highest BCUT2D eigenvalue weighted by Crippen LogP contribution is 2.43. The van der Waals surface area contributed by atoms with Gasteiger partial charge in [0.25, 0.3) is 0 Å². The minimum Gasteiger partial charge on any atom is -0.369 e. The van der Waals surface area contributed by atoms with Gasteiger partial charge in [0.15, 0.2) is 5.78 Å². The van der Waals surface area contributed by atoms with Gasteiger partial charge in [-0.3, -0.25) is 14.5 Å². The number of hydrogen-bond acceptors (Lipinski definition) is 5. The van der Waals surface area contributed by atoms with Crippen molar-refractivity contribution < 1.29 is 19.1 Å². The van der Waals surface area contributed by atoms with Crippen LogP contribution in [0.4, 0.5) is 0 Å². The molecular weight excluding hydrogens is 284 g/mol. The number of ether oxygens (including phenoxy) is 1. The van der Waals surface area contributed by atoms with Crippen LogP contribution in [0.2, 0.25) is 0 Å². The molecule has 3 atom stereocenters. The predicted molar refractivity (Wildman–Crippen MR) is 79.0 cm³/mol. The Morgan fingerprint density at radius 3 is 2.77 bits per heavy atom. The van der Waals surface area contributed by atoms with Crippen LogP contribution in [-0.2, 0) is 19.1 Å². The van der Waals surface area contributed by atoms with Crippen LogP contribution in [0.15, 0.2) is 0 Å². The number of nitrogens with two attached hydrogens (primary N) is 1. The molecule has 6 heteroatoms. The van der Waals surface area contributed by atoms with Crippen LogP contribution in [0.25, 0.3) is 0 Å². The minimum atomic E-state index is -0.582. The molecule has 2 N–H and O–H groups in total. The van der Waals surface area contributed by atoms with Gasteiger partial charge < -0.3 is 15.3 Å². The minimum absolute atomic E-state index is 0.0519. The summed E-state index contributed by atoms with van der Waals surface area (Å²) in [6.07, 6.45) is 6.43. The van der Waals surface area contributed by atoms with Gasteiger partial charge >= 0.3 is 0 Å². The Morgan fingerprint density at radius 2 is 2.14 bits per heavy atom. The molecule has 1 amide bonds. The third kappa shape index (κ3) is 2.58. The number of ketones is 1. The van der Waals surface area contributed by atoms with Crippen molar-refractivity contribution in [3.8, 4) is 0 Å². The van der Waals surface area contributed by atoms with Crippen LogP contribution in [-0.4, -0.2) is 54.2 Å². The van der Waals surface area contributed by atoms with E-state index in [4.69, 9.17) is 10.5 Å². The molecule has 1 aliphatic carbocycles. The molecule has 0 aromatic carbocycles. The van der Waals surface area contributed by atoms with Gasteiger partial charge in [-0.1, -0.05) is 12.8 Å². The molecule has 3 aliphatic rings. The van der Waals surface area contributed by atoms with Gasteiger partial charge in [0.2, 0.25) is 5.91 Å². The summed E-state index contributed by atoms with van der Waals surface area (Å²) in [7, 11) is 0. The second-order valence-corrected chi connectivity index (χ2v) is 6.90. The number of likely N-dealkylation sites (tertiary alicyclic amines) is 1. The standard InChI is InChI=1S/C16H24N2O4/c17-15(21)16(5-1-2-6-16)8-11(9-19)18-7-3-4-13-14(18)12(20)10-22-13/h9,11,13-14H,1-8,10H2,(H2,17,21). The number of primary amides is 1. The van der Waals surface area contributed by atoms with Crippen molar-refractivity contribution in [1.82, 2.24) is 4.90 Å². The normalized spacial score (nSPS) is 32.6. The van der Waals surface area contributed by atoms with Crippen molar-refractivity contribution in [2.45, 2.75) is 63.1 Å². The molecule has 2 aliphatic heterocycles. The lowest BCUT2D eigenvalue weighted by Crippen LogP contribution is -2.56. The number of aldehydes is 1. The summed E-state index contributed by atoms with van der Waals surface area (Å²) in [6, 6.07) is -0.751. The summed E-state index contributed by atoms with van der Waals surface area (Å²) in [5, 5.41) is 0. The van der Waals surface area contributed by atoms with E-state index < -0.39 is 11.5 Å². The highest BCUT2D eigenvalue weighted by atomic mass is 16.5. The quantitative estimate of drug-likeness (QED) is 0.744. The lowest BCUT2D eigenvalue weighted by molar-refractivity contribution is -0.131. The average molecular weight is 308 g/mol. The number of hydrogen-bond donors (Lipinski definition) is 1. The molecule has 0 bridgehead atoms. The van der Waals surface area contributed by atoms with Gasteiger partial charge in [-0.25, -0.2) is 0 Å². The number of amides is 1. The van der Waals surface area contributed by atoms with Crippen LogP contribution >= 0.6 is 0 Å². The topological polar surface area (TPSA) is 89.7 Å². The van der Waals surface area contributed by atoms with E-state index in [1.54, 1.807) is 0 Å². The van der Waals surface area contributed by atoms with E-state index in [1.807, 2.05) is 4.90 Å². The smallest absolute Gasteiger partial charge is 0.223 e. The summed E-state index contributed by atoms with van der Waals surface area (Å²) < 4.78 is 5.54. The molecule has 6 nitrogen and oxygen atoms in total.